The highest BCUT2D eigenvalue weighted by Crippen LogP contribution is 2.31. The van der Waals surface area contributed by atoms with Crippen LogP contribution < -0.4 is 10.6 Å². The molecule has 3 amide bonds. The second kappa shape index (κ2) is 24.4. The molecule has 0 aliphatic carbocycles. The minimum absolute atomic E-state index is 0.0492. The lowest BCUT2D eigenvalue weighted by molar-refractivity contribution is -0.151. The molecule has 0 radical (unpaired) electrons. The topological polar surface area (TPSA) is 147 Å². The number of amides is 3. The smallest absolute Gasteiger partial charge is 0.309 e. The Bertz CT molecular complexity index is 1520. The molecular formula is C42H65N5O7S. The molecule has 13 heteroatoms. The van der Waals surface area contributed by atoms with Gasteiger partial charge in [-0.1, -0.05) is 104 Å². The van der Waals surface area contributed by atoms with Crippen molar-refractivity contribution in [3.05, 3.63) is 64.6 Å². The van der Waals surface area contributed by atoms with Crippen molar-refractivity contribution in [2.75, 3.05) is 33.8 Å². The summed E-state index contributed by atoms with van der Waals surface area (Å²) in [7, 11) is 3.62. The summed E-state index contributed by atoms with van der Waals surface area (Å²) in [6.07, 6.45) is 4.58. The lowest BCUT2D eigenvalue weighted by atomic mass is 9.93. The van der Waals surface area contributed by atoms with Crippen LogP contribution in [-0.4, -0.2) is 96.4 Å². The van der Waals surface area contributed by atoms with Crippen molar-refractivity contribution in [1.29, 1.82) is 0 Å². The van der Waals surface area contributed by atoms with Gasteiger partial charge >= 0.3 is 11.9 Å². The van der Waals surface area contributed by atoms with E-state index in [2.05, 4.69) is 29.1 Å². The van der Waals surface area contributed by atoms with Gasteiger partial charge in [0.25, 0.3) is 5.91 Å². The summed E-state index contributed by atoms with van der Waals surface area (Å²) in [4.78, 5) is 74.5. The van der Waals surface area contributed by atoms with Crippen LogP contribution in [0.1, 0.15) is 114 Å². The average molecular weight is 784 g/mol. The Balaban J connectivity index is 2.33. The van der Waals surface area contributed by atoms with Crippen LogP contribution in [0.15, 0.2) is 48.4 Å². The molecule has 306 valence electrons. The molecule has 2 N–H and O–H groups in total. The van der Waals surface area contributed by atoms with E-state index in [1.165, 1.54) is 17.4 Å². The Morgan fingerprint density at radius 3 is 2.27 bits per heavy atom. The summed E-state index contributed by atoms with van der Waals surface area (Å²) in [5, 5.41) is 8.13. The predicted molar refractivity (Wildman–Crippen MR) is 217 cm³/mol. The van der Waals surface area contributed by atoms with E-state index in [4.69, 9.17) is 9.47 Å². The zero-order chi connectivity index (χ0) is 41.1. The molecule has 1 aromatic heterocycles. The number of thiazole rings is 1. The molecule has 12 nitrogen and oxygen atoms in total. The number of rotatable bonds is 25. The molecule has 1 heterocycles. The van der Waals surface area contributed by atoms with E-state index in [9.17, 15) is 24.0 Å². The Morgan fingerprint density at radius 1 is 0.982 bits per heavy atom. The first-order valence-corrected chi connectivity index (χ1v) is 20.5. The summed E-state index contributed by atoms with van der Waals surface area (Å²) in [6, 6.07) is 8.16. The van der Waals surface area contributed by atoms with E-state index >= 15 is 0 Å². The van der Waals surface area contributed by atoms with Crippen LogP contribution >= 0.6 is 11.3 Å². The Labute approximate surface area is 332 Å². The molecule has 0 saturated heterocycles. The molecule has 0 spiro atoms. The molecule has 0 unspecified atom stereocenters. The first-order chi connectivity index (χ1) is 26.1. The third-order valence-electron chi connectivity index (χ3n) is 9.81. The summed E-state index contributed by atoms with van der Waals surface area (Å²) < 4.78 is 11.2. The van der Waals surface area contributed by atoms with Crippen molar-refractivity contribution in [2.45, 2.75) is 118 Å². The van der Waals surface area contributed by atoms with Gasteiger partial charge in [0.05, 0.1) is 12.5 Å². The third kappa shape index (κ3) is 15.9. The van der Waals surface area contributed by atoms with Crippen LogP contribution in [0.2, 0.25) is 0 Å². The van der Waals surface area contributed by atoms with Crippen LogP contribution in [0.3, 0.4) is 0 Å². The highest BCUT2D eigenvalue weighted by Gasteiger charge is 2.36. The van der Waals surface area contributed by atoms with Gasteiger partial charge in [-0.15, -0.1) is 11.3 Å². The van der Waals surface area contributed by atoms with Crippen molar-refractivity contribution < 1.29 is 33.4 Å². The average Bonchev–Trinajstić information content (AvgIpc) is 3.66. The van der Waals surface area contributed by atoms with Gasteiger partial charge < -0.3 is 25.0 Å². The minimum atomic E-state index is -0.828. The molecule has 2 aromatic rings. The SMILES string of the molecule is C=CCOC(=O)[C@@H](C)C[C@H](Cc1ccccc1)NC(=O)c1csc([C@@H](C[C@H](C(C)C)N(C)C(=O)[C@@H](NC(=O)CN(C)CCCC)[C@@H](C)CC)OC(=O)CC)n1. The number of likely N-dealkylation sites (N-methyl/N-ethyl adjacent to an activating group) is 2. The van der Waals surface area contributed by atoms with Gasteiger partial charge in [-0.2, -0.15) is 0 Å². The number of carbonyl (C=O) groups excluding carboxylic acids is 5. The van der Waals surface area contributed by atoms with Crippen molar-refractivity contribution >= 4 is 41.0 Å². The van der Waals surface area contributed by atoms with Gasteiger partial charge in [0.1, 0.15) is 23.4 Å². The number of hydrogen-bond donors (Lipinski definition) is 2. The Kier molecular flexibility index (Phi) is 20.9. The van der Waals surface area contributed by atoms with Gasteiger partial charge in [0.15, 0.2) is 6.10 Å². The maximum Gasteiger partial charge on any atom is 0.309 e. The number of ether oxygens (including phenoxy) is 2. The molecular weight excluding hydrogens is 719 g/mol. The molecule has 6 atom stereocenters. The maximum atomic E-state index is 14.2. The molecule has 0 saturated carbocycles. The van der Waals surface area contributed by atoms with Crippen molar-refractivity contribution in [1.82, 2.24) is 25.4 Å². The number of benzene rings is 1. The van der Waals surface area contributed by atoms with Crippen LogP contribution in [0.5, 0.6) is 0 Å². The van der Waals surface area contributed by atoms with Gasteiger partial charge in [-0.25, -0.2) is 4.98 Å². The van der Waals surface area contributed by atoms with E-state index in [0.717, 1.165) is 24.9 Å². The van der Waals surface area contributed by atoms with Gasteiger partial charge in [0, 0.05) is 37.4 Å². The number of unbranched alkanes of at least 4 members (excludes halogenated alkanes) is 1. The fourth-order valence-electron chi connectivity index (χ4n) is 6.27. The molecule has 2 rings (SSSR count). The number of nitrogens with one attached hydrogen (secondary N) is 2. The summed E-state index contributed by atoms with van der Waals surface area (Å²) in [5.41, 5.74) is 1.16. The third-order valence-corrected chi connectivity index (χ3v) is 10.7. The fraction of sp³-hybridized carbons (Fsp3) is 0.619. The lowest BCUT2D eigenvalue weighted by Gasteiger charge is -2.37. The maximum absolute atomic E-state index is 14.2. The summed E-state index contributed by atoms with van der Waals surface area (Å²) in [5.74, 6) is -2.30. The monoisotopic (exact) mass is 783 g/mol. The molecule has 55 heavy (non-hydrogen) atoms. The first kappa shape index (κ1) is 47.1. The quantitative estimate of drug-likeness (QED) is 0.0867. The standard InChI is InChI=1S/C42H65N5O7S/c1-11-15-21-46(9)26-36(48)45-38(29(7)13-3)41(51)47(10)34(28(5)6)25-35(54-37(49)14-4)40-44-33(27-55-40)39(50)43-32(24-31-19-17-16-18-20-31)23-30(8)42(52)53-22-12-2/h12,16-20,27-30,32,34-35,38H,2,11,13-15,21-26H2,1,3-10H3,(H,43,50)(H,45,48)/t29-,30-,32+,34+,35+,38-/m0/s1. The largest absolute Gasteiger partial charge is 0.461 e. The van der Waals surface area contributed by atoms with Crippen molar-refractivity contribution in [2.24, 2.45) is 17.8 Å². The molecule has 0 bridgehead atoms. The predicted octanol–water partition coefficient (Wildman–Crippen LogP) is 6.37. The lowest BCUT2D eigenvalue weighted by Crippen LogP contribution is -2.55. The summed E-state index contributed by atoms with van der Waals surface area (Å²) >= 11 is 1.21. The highest BCUT2D eigenvalue weighted by atomic mass is 32.1. The zero-order valence-corrected chi connectivity index (χ0v) is 35.3. The summed E-state index contributed by atoms with van der Waals surface area (Å²) in [6.45, 7) is 18.2. The molecule has 1 aromatic carbocycles. The zero-order valence-electron chi connectivity index (χ0n) is 34.5. The van der Waals surface area contributed by atoms with Gasteiger partial charge in [-0.3, -0.25) is 28.9 Å². The number of hydrogen-bond acceptors (Lipinski definition) is 10. The highest BCUT2D eigenvalue weighted by molar-refractivity contribution is 7.09. The fourth-order valence-corrected chi connectivity index (χ4v) is 7.11. The van der Waals surface area contributed by atoms with E-state index < -0.39 is 42.0 Å². The van der Waals surface area contributed by atoms with E-state index in [0.29, 0.717) is 24.3 Å². The van der Waals surface area contributed by atoms with E-state index in [-0.39, 0.29) is 61.3 Å². The van der Waals surface area contributed by atoms with E-state index in [1.807, 2.05) is 70.0 Å². The number of aromatic nitrogens is 1. The van der Waals surface area contributed by atoms with Gasteiger partial charge in [-0.05, 0) is 50.3 Å². The number of carbonyl (C=O) groups is 5. The van der Waals surface area contributed by atoms with Crippen molar-refractivity contribution in [3.8, 4) is 0 Å². The van der Waals surface area contributed by atoms with E-state index in [1.54, 1.807) is 31.2 Å². The molecule has 0 aliphatic rings. The minimum Gasteiger partial charge on any atom is -0.461 e. The second-order valence-corrected chi connectivity index (χ2v) is 15.7. The Morgan fingerprint density at radius 2 is 1.67 bits per heavy atom. The van der Waals surface area contributed by atoms with Crippen LogP contribution in [-0.2, 0) is 35.1 Å². The van der Waals surface area contributed by atoms with Crippen LogP contribution in [0.25, 0.3) is 0 Å². The molecule has 0 aliphatic heterocycles. The number of esters is 2. The van der Waals surface area contributed by atoms with Crippen LogP contribution in [0.4, 0.5) is 0 Å². The van der Waals surface area contributed by atoms with Crippen molar-refractivity contribution in [3.63, 3.8) is 0 Å². The van der Waals surface area contributed by atoms with Gasteiger partial charge in [0.2, 0.25) is 11.8 Å². The first-order valence-electron chi connectivity index (χ1n) is 19.7. The second-order valence-electron chi connectivity index (χ2n) is 14.8. The Hall–Kier alpha value is -4.10. The normalized spacial score (nSPS) is 14.6. The van der Waals surface area contributed by atoms with Crippen LogP contribution in [0, 0.1) is 17.8 Å². The number of nitrogens with zero attached hydrogens (tertiary/aromatic N) is 3. The molecule has 0 fully saturated rings.